The minimum Gasteiger partial charge on any atom is -0.375 e. The molecule has 1 unspecified atom stereocenters. The number of nitrogens with one attached hydrogen (secondary N) is 1. The molecule has 2 heterocycles. The lowest BCUT2D eigenvalue weighted by atomic mass is 10.2. The SMILES string of the molecule is Nc1nc(CCNC2CCN(C3CC3)C2)cs1. The van der Waals surface area contributed by atoms with Gasteiger partial charge >= 0.3 is 0 Å². The highest BCUT2D eigenvalue weighted by Crippen LogP contribution is 2.29. The molecule has 1 aromatic rings. The Bertz CT molecular complexity index is 374. The first kappa shape index (κ1) is 11.4. The van der Waals surface area contributed by atoms with Gasteiger partial charge < -0.3 is 11.1 Å². The first-order valence-electron chi connectivity index (χ1n) is 6.48. The molecule has 0 bridgehead atoms. The molecule has 1 saturated carbocycles. The minimum atomic E-state index is 0.681. The fourth-order valence-corrected chi connectivity index (χ4v) is 3.16. The lowest BCUT2D eigenvalue weighted by Gasteiger charge is -2.15. The summed E-state index contributed by atoms with van der Waals surface area (Å²) in [5.74, 6) is 0. The summed E-state index contributed by atoms with van der Waals surface area (Å²) in [6.07, 6.45) is 5.14. The molecule has 5 heteroatoms. The standard InChI is InChI=1S/C12H20N4S/c13-12-15-10(8-17-12)3-5-14-9-4-6-16(7-9)11-1-2-11/h8-9,11,14H,1-7H2,(H2,13,15). The highest BCUT2D eigenvalue weighted by molar-refractivity contribution is 7.13. The largest absolute Gasteiger partial charge is 0.375 e. The molecule has 0 aromatic carbocycles. The number of anilines is 1. The Morgan fingerprint density at radius 1 is 1.47 bits per heavy atom. The molecule has 4 nitrogen and oxygen atoms in total. The van der Waals surface area contributed by atoms with Crippen LogP contribution in [0.2, 0.25) is 0 Å². The number of nitrogens with two attached hydrogens (primary N) is 1. The molecule has 0 amide bonds. The first-order valence-corrected chi connectivity index (χ1v) is 7.36. The zero-order valence-electron chi connectivity index (χ0n) is 10.1. The normalized spacial score (nSPS) is 25.5. The number of hydrogen-bond donors (Lipinski definition) is 2. The Kier molecular flexibility index (Phi) is 3.31. The first-order chi connectivity index (χ1) is 8.31. The lowest BCUT2D eigenvalue weighted by Crippen LogP contribution is -2.34. The van der Waals surface area contributed by atoms with Crippen LogP contribution in [0.5, 0.6) is 0 Å². The van der Waals surface area contributed by atoms with Gasteiger partial charge in [-0.15, -0.1) is 11.3 Å². The van der Waals surface area contributed by atoms with E-state index in [1.165, 1.54) is 43.7 Å². The van der Waals surface area contributed by atoms with Crippen LogP contribution in [-0.2, 0) is 6.42 Å². The topological polar surface area (TPSA) is 54.2 Å². The zero-order chi connectivity index (χ0) is 11.7. The fourth-order valence-electron chi connectivity index (χ4n) is 2.57. The van der Waals surface area contributed by atoms with Crippen molar-refractivity contribution < 1.29 is 0 Å². The molecule has 1 aliphatic carbocycles. The molecule has 3 rings (SSSR count). The van der Waals surface area contributed by atoms with Gasteiger partial charge in [-0.2, -0.15) is 0 Å². The second-order valence-electron chi connectivity index (χ2n) is 5.09. The molecular formula is C12H20N4S. The van der Waals surface area contributed by atoms with Crippen LogP contribution in [0.1, 0.15) is 25.0 Å². The number of likely N-dealkylation sites (tertiary alicyclic amines) is 1. The number of nitrogens with zero attached hydrogens (tertiary/aromatic N) is 2. The molecule has 2 fully saturated rings. The molecule has 94 valence electrons. The maximum atomic E-state index is 5.61. The van der Waals surface area contributed by atoms with E-state index in [0.29, 0.717) is 11.2 Å². The molecule has 17 heavy (non-hydrogen) atoms. The van der Waals surface area contributed by atoms with Crippen molar-refractivity contribution in [3.63, 3.8) is 0 Å². The monoisotopic (exact) mass is 252 g/mol. The van der Waals surface area contributed by atoms with Crippen LogP contribution in [-0.4, -0.2) is 41.6 Å². The molecule has 1 aromatic heterocycles. The van der Waals surface area contributed by atoms with E-state index in [0.717, 1.165) is 24.7 Å². The van der Waals surface area contributed by atoms with Crippen molar-refractivity contribution in [2.45, 2.75) is 37.8 Å². The second-order valence-corrected chi connectivity index (χ2v) is 5.98. The van der Waals surface area contributed by atoms with Crippen molar-refractivity contribution in [2.75, 3.05) is 25.4 Å². The van der Waals surface area contributed by atoms with E-state index in [2.05, 4.69) is 20.6 Å². The minimum absolute atomic E-state index is 0.681. The van der Waals surface area contributed by atoms with Crippen molar-refractivity contribution in [3.05, 3.63) is 11.1 Å². The van der Waals surface area contributed by atoms with Crippen LogP contribution >= 0.6 is 11.3 Å². The average molecular weight is 252 g/mol. The van der Waals surface area contributed by atoms with Gasteiger partial charge in [0.2, 0.25) is 0 Å². The highest BCUT2D eigenvalue weighted by Gasteiger charge is 2.33. The number of aromatic nitrogens is 1. The van der Waals surface area contributed by atoms with E-state index in [-0.39, 0.29) is 0 Å². The van der Waals surface area contributed by atoms with Crippen molar-refractivity contribution in [1.82, 2.24) is 15.2 Å². The van der Waals surface area contributed by atoms with Crippen molar-refractivity contribution in [1.29, 1.82) is 0 Å². The quantitative estimate of drug-likeness (QED) is 0.824. The Labute approximate surface area is 106 Å². The van der Waals surface area contributed by atoms with Crippen LogP contribution in [0.25, 0.3) is 0 Å². The number of rotatable bonds is 5. The van der Waals surface area contributed by atoms with E-state index in [9.17, 15) is 0 Å². The fraction of sp³-hybridized carbons (Fsp3) is 0.750. The predicted molar refractivity (Wildman–Crippen MR) is 71.2 cm³/mol. The molecule has 1 saturated heterocycles. The van der Waals surface area contributed by atoms with Crippen molar-refractivity contribution in [2.24, 2.45) is 0 Å². The molecule has 0 radical (unpaired) electrons. The van der Waals surface area contributed by atoms with Crippen LogP contribution in [0.15, 0.2) is 5.38 Å². The molecular weight excluding hydrogens is 232 g/mol. The smallest absolute Gasteiger partial charge is 0.180 e. The Hall–Kier alpha value is -0.650. The summed E-state index contributed by atoms with van der Waals surface area (Å²) in [5.41, 5.74) is 6.73. The third-order valence-electron chi connectivity index (χ3n) is 3.67. The maximum Gasteiger partial charge on any atom is 0.180 e. The van der Waals surface area contributed by atoms with Crippen LogP contribution in [0, 0.1) is 0 Å². The number of thiazole rings is 1. The van der Waals surface area contributed by atoms with Gasteiger partial charge in [-0.05, 0) is 19.3 Å². The van der Waals surface area contributed by atoms with Gasteiger partial charge in [0.25, 0.3) is 0 Å². The lowest BCUT2D eigenvalue weighted by molar-refractivity contribution is 0.318. The summed E-state index contributed by atoms with van der Waals surface area (Å²) in [6.45, 7) is 3.54. The summed E-state index contributed by atoms with van der Waals surface area (Å²) in [6, 6.07) is 1.60. The zero-order valence-corrected chi connectivity index (χ0v) is 10.9. The van der Waals surface area contributed by atoms with Gasteiger partial charge in [-0.1, -0.05) is 0 Å². The van der Waals surface area contributed by atoms with Gasteiger partial charge in [-0.25, -0.2) is 4.98 Å². The second kappa shape index (κ2) is 4.92. The van der Waals surface area contributed by atoms with Gasteiger partial charge in [0.05, 0.1) is 5.69 Å². The Morgan fingerprint density at radius 3 is 3.06 bits per heavy atom. The summed E-state index contributed by atoms with van der Waals surface area (Å²) in [5, 5.41) is 6.37. The van der Waals surface area contributed by atoms with Gasteiger partial charge in [0.15, 0.2) is 5.13 Å². The van der Waals surface area contributed by atoms with E-state index >= 15 is 0 Å². The summed E-state index contributed by atoms with van der Waals surface area (Å²) >= 11 is 1.53. The number of hydrogen-bond acceptors (Lipinski definition) is 5. The Balaban J connectivity index is 1.37. The van der Waals surface area contributed by atoms with E-state index in [4.69, 9.17) is 5.73 Å². The molecule has 1 aliphatic heterocycles. The van der Waals surface area contributed by atoms with Crippen LogP contribution in [0.3, 0.4) is 0 Å². The van der Waals surface area contributed by atoms with E-state index in [1.807, 2.05) is 0 Å². The van der Waals surface area contributed by atoms with Crippen molar-refractivity contribution in [3.8, 4) is 0 Å². The summed E-state index contributed by atoms with van der Waals surface area (Å²) in [7, 11) is 0. The third kappa shape index (κ3) is 2.97. The maximum absolute atomic E-state index is 5.61. The van der Waals surface area contributed by atoms with Gasteiger partial charge in [0, 0.05) is 43.5 Å². The number of nitrogen functional groups attached to an aromatic ring is 1. The summed E-state index contributed by atoms with van der Waals surface area (Å²) < 4.78 is 0. The molecule has 3 N–H and O–H groups in total. The van der Waals surface area contributed by atoms with Crippen LogP contribution in [0.4, 0.5) is 5.13 Å². The van der Waals surface area contributed by atoms with Gasteiger partial charge in [-0.3, -0.25) is 4.90 Å². The van der Waals surface area contributed by atoms with Crippen LogP contribution < -0.4 is 11.1 Å². The molecule has 0 spiro atoms. The van der Waals surface area contributed by atoms with E-state index in [1.54, 1.807) is 0 Å². The third-order valence-corrected chi connectivity index (χ3v) is 4.39. The van der Waals surface area contributed by atoms with Crippen molar-refractivity contribution >= 4 is 16.5 Å². The predicted octanol–water partition coefficient (Wildman–Crippen LogP) is 1.09. The Morgan fingerprint density at radius 2 is 2.35 bits per heavy atom. The highest BCUT2D eigenvalue weighted by atomic mass is 32.1. The average Bonchev–Trinajstić information content (AvgIpc) is 2.93. The van der Waals surface area contributed by atoms with E-state index < -0.39 is 0 Å². The van der Waals surface area contributed by atoms with Gasteiger partial charge in [0.1, 0.15) is 0 Å². The molecule has 2 aliphatic rings. The summed E-state index contributed by atoms with van der Waals surface area (Å²) in [4.78, 5) is 6.91. The molecule has 1 atom stereocenters.